The molecular weight excluding hydrogens is 480 g/mol. The normalized spacial score (nSPS) is 16.1. The van der Waals surface area contributed by atoms with Gasteiger partial charge >= 0.3 is 0 Å². The van der Waals surface area contributed by atoms with Crippen molar-refractivity contribution in [3.8, 4) is 22.6 Å². The van der Waals surface area contributed by atoms with Gasteiger partial charge in [-0.3, -0.25) is 4.99 Å². The van der Waals surface area contributed by atoms with Crippen LogP contribution < -0.4 is 4.74 Å². The summed E-state index contributed by atoms with van der Waals surface area (Å²) in [7, 11) is 0. The van der Waals surface area contributed by atoms with Crippen molar-refractivity contribution in [1.29, 1.82) is 0 Å². The Bertz CT molecular complexity index is 2190. The second-order valence-corrected chi connectivity index (χ2v) is 10.4. The summed E-state index contributed by atoms with van der Waals surface area (Å²) in [5.74, 6) is 2.12. The van der Waals surface area contributed by atoms with Crippen LogP contribution in [0.3, 0.4) is 0 Å². The van der Waals surface area contributed by atoms with E-state index in [0.29, 0.717) is 0 Å². The first-order chi connectivity index (χ1) is 19.3. The Morgan fingerprint density at radius 3 is 2.38 bits per heavy atom. The Hall–Kier alpha value is -5.09. The van der Waals surface area contributed by atoms with Crippen LogP contribution in [0.1, 0.15) is 11.5 Å². The highest BCUT2D eigenvalue weighted by atomic mass is 16.5. The molecule has 0 radical (unpaired) electrons. The molecule has 184 valence electrons. The lowest BCUT2D eigenvalue weighted by molar-refractivity contribution is 0.427. The van der Waals surface area contributed by atoms with E-state index in [9.17, 15) is 0 Å². The van der Waals surface area contributed by atoms with Gasteiger partial charge in [-0.25, -0.2) is 0 Å². The fourth-order valence-electron chi connectivity index (χ4n) is 6.36. The number of fused-ring (bicyclic) bond motifs is 9. The third kappa shape index (κ3) is 2.97. The first-order valence-electron chi connectivity index (χ1n) is 13.3. The largest absolute Gasteiger partial charge is 0.461 e. The Balaban J connectivity index is 1.23. The van der Waals surface area contributed by atoms with Gasteiger partial charge in [0.2, 0.25) is 0 Å². The highest BCUT2D eigenvalue weighted by molar-refractivity contribution is 6.11. The summed E-state index contributed by atoms with van der Waals surface area (Å²) in [6.07, 6.45) is 3.83. The third-order valence-electron chi connectivity index (χ3n) is 8.21. The number of allylic oxidation sites excluding steroid dienone is 1. The molecule has 9 rings (SSSR count). The predicted octanol–water partition coefficient (Wildman–Crippen LogP) is 8.79. The molecule has 39 heavy (non-hydrogen) atoms. The van der Waals surface area contributed by atoms with Crippen LogP contribution in [-0.4, -0.2) is 17.3 Å². The zero-order chi connectivity index (χ0) is 25.5. The van der Waals surface area contributed by atoms with Gasteiger partial charge in [-0.05, 0) is 71.8 Å². The maximum atomic E-state index is 6.13. The van der Waals surface area contributed by atoms with Gasteiger partial charge in [0, 0.05) is 39.0 Å². The number of hydrogen-bond acceptors (Lipinski definition) is 3. The van der Waals surface area contributed by atoms with Crippen molar-refractivity contribution in [1.82, 2.24) is 4.57 Å². The number of dihydropyridines is 1. The van der Waals surface area contributed by atoms with Gasteiger partial charge in [0.05, 0.1) is 23.5 Å². The Labute approximate surface area is 224 Å². The van der Waals surface area contributed by atoms with Crippen LogP contribution in [-0.2, 0) is 0 Å². The average Bonchev–Trinajstić information content (AvgIpc) is 3.65. The second kappa shape index (κ2) is 7.71. The van der Waals surface area contributed by atoms with E-state index in [-0.39, 0.29) is 5.92 Å². The van der Waals surface area contributed by atoms with Crippen molar-refractivity contribution in [2.45, 2.75) is 5.92 Å². The van der Waals surface area contributed by atoms with Crippen LogP contribution in [0.15, 0.2) is 124 Å². The lowest BCUT2D eigenvalue weighted by Gasteiger charge is -2.12. The highest BCUT2D eigenvalue weighted by Gasteiger charge is 2.31. The molecule has 4 heterocycles. The first-order valence-corrected chi connectivity index (χ1v) is 13.3. The summed E-state index contributed by atoms with van der Waals surface area (Å²) in [6, 6.07) is 36.7. The van der Waals surface area contributed by atoms with Gasteiger partial charge in [0.25, 0.3) is 0 Å². The van der Waals surface area contributed by atoms with E-state index in [2.05, 4.69) is 101 Å². The fourth-order valence-corrected chi connectivity index (χ4v) is 6.36. The number of benzene rings is 5. The molecule has 4 heteroatoms. The molecule has 1 unspecified atom stereocenters. The maximum Gasteiger partial charge on any atom is 0.135 e. The summed E-state index contributed by atoms with van der Waals surface area (Å²) >= 11 is 0. The van der Waals surface area contributed by atoms with Gasteiger partial charge in [-0.2, -0.15) is 0 Å². The quantitative estimate of drug-likeness (QED) is 0.237. The minimum Gasteiger partial charge on any atom is -0.461 e. The van der Waals surface area contributed by atoms with E-state index >= 15 is 0 Å². The first kappa shape index (κ1) is 20.9. The van der Waals surface area contributed by atoms with Crippen LogP contribution in [0.4, 0.5) is 0 Å². The van der Waals surface area contributed by atoms with Gasteiger partial charge in [0.1, 0.15) is 22.7 Å². The molecule has 2 aliphatic heterocycles. The van der Waals surface area contributed by atoms with E-state index in [1.165, 1.54) is 38.5 Å². The number of nitrogens with zero attached hydrogens (tertiary/aromatic N) is 2. The molecule has 0 N–H and O–H groups in total. The van der Waals surface area contributed by atoms with Crippen molar-refractivity contribution in [2.75, 3.05) is 6.54 Å². The minimum atomic E-state index is 0.193. The van der Waals surface area contributed by atoms with Crippen LogP contribution in [0, 0.1) is 0 Å². The highest BCUT2D eigenvalue weighted by Crippen LogP contribution is 2.44. The van der Waals surface area contributed by atoms with E-state index in [4.69, 9.17) is 9.15 Å². The molecule has 5 aromatic carbocycles. The van der Waals surface area contributed by atoms with Gasteiger partial charge in [-0.15, -0.1) is 0 Å². The second-order valence-electron chi connectivity index (χ2n) is 10.4. The summed E-state index contributed by atoms with van der Waals surface area (Å²) in [5.41, 5.74) is 8.93. The molecule has 1 atom stereocenters. The summed E-state index contributed by atoms with van der Waals surface area (Å²) in [4.78, 5) is 4.49. The fraction of sp³-hybridized carbons (Fsp3) is 0.0571. The van der Waals surface area contributed by atoms with Crippen LogP contribution in [0.5, 0.6) is 5.75 Å². The van der Waals surface area contributed by atoms with E-state index in [1.807, 2.05) is 24.4 Å². The van der Waals surface area contributed by atoms with E-state index in [0.717, 1.165) is 45.7 Å². The molecule has 7 aromatic rings. The molecule has 0 aliphatic carbocycles. The number of aromatic nitrogens is 1. The molecule has 0 spiro atoms. The predicted molar refractivity (Wildman–Crippen MR) is 158 cm³/mol. The van der Waals surface area contributed by atoms with Crippen LogP contribution in [0.2, 0.25) is 0 Å². The summed E-state index contributed by atoms with van der Waals surface area (Å²) in [5, 5.41) is 4.77. The van der Waals surface area contributed by atoms with Crippen molar-refractivity contribution in [2.24, 2.45) is 4.99 Å². The molecule has 0 amide bonds. The van der Waals surface area contributed by atoms with Crippen molar-refractivity contribution in [3.63, 3.8) is 0 Å². The van der Waals surface area contributed by atoms with Gasteiger partial charge in [0.15, 0.2) is 0 Å². The summed E-state index contributed by atoms with van der Waals surface area (Å²) in [6.45, 7) is 0.731. The van der Waals surface area contributed by atoms with Crippen molar-refractivity contribution < 1.29 is 9.15 Å². The molecule has 0 bridgehead atoms. The van der Waals surface area contributed by atoms with Gasteiger partial charge < -0.3 is 13.7 Å². The van der Waals surface area contributed by atoms with Crippen molar-refractivity contribution >= 4 is 50.0 Å². The number of furan rings is 1. The zero-order valence-corrected chi connectivity index (χ0v) is 21.0. The lowest BCUT2D eigenvalue weighted by atomic mass is 9.97. The van der Waals surface area contributed by atoms with Crippen LogP contribution in [0.25, 0.3) is 60.6 Å². The molecular formula is C35H22N2O2. The van der Waals surface area contributed by atoms with Gasteiger partial charge in [-0.1, -0.05) is 48.5 Å². The smallest absolute Gasteiger partial charge is 0.135 e. The van der Waals surface area contributed by atoms with E-state index in [1.54, 1.807) is 0 Å². The van der Waals surface area contributed by atoms with E-state index < -0.39 is 0 Å². The number of hydrogen-bond donors (Lipinski definition) is 0. The monoisotopic (exact) mass is 502 g/mol. The average molecular weight is 503 g/mol. The lowest BCUT2D eigenvalue weighted by Crippen LogP contribution is -2.07. The number of rotatable bonds is 2. The third-order valence-corrected chi connectivity index (χ3v) is 8.21. The Kier molecular flexibility index (Phi) is 4.14. The minimum absolute atomic E-state index is 0.193. The van der Waals surface area contributed by atoms with Crippen molar-refractivity contribution in [3.05, 3.63) is 121 Å². The molecule has 2 aromatic heterocycles. The number of para-hydroxylation sites is 2. The Morgan fingerprint density at radius 2 is 1.44 bits per heavy atom. The topological polar surface area (TPSA) is 39.7 Å². The van der Waals surface area contributed by atoms with Crippen LogP contribution >= 0.6 is 0 Å². The Morgan fingerprint density at radius 1 is 0.667 bits per heavy atom. The molecule has 0 saturated heterocycles. The molecule has 2 aliphatic rings. The maximum absolute atomic E-state index is 6.13. The number of aliphatic imine (C=N–C) groups is 1. The molecule has 0 fully saturated rings. The standard InChI is InChI=1S/C35H22N2O2/c1-3-7-30-24(5-1)26-17-21(22-10-13-33-27(18-22)25-6-2-4-8-32(25)38-33)9-12-31(26)37(30)23-11-14-34-28(19-23)29-20-36-16-15-35(29)39-34/h1-19,29H,20H2. The number of ether oxygens (including phenoxy) is 1. The zero-order valence-electron chi connectivity index (χ0n) is 21.0. The SMILES string of the molecule is C1=NCC2C(=C1)Oc1ccc(-n3c4ccccc4c4cc(-c5ccc6oc7ccccc7c6c5)ccc43)cc12. The molecule has 4 nitrogen and oxygen atoms in total. The summed E-state index contributed by atoms with van der Waals surface area (Å²) < 4.78 is 14.6. The molecule has 0 saturated carbocycles.